The molecule has 4 rings (SSSR count). The van der Waals surface area contributed by atoms with Gasteiger partial charge in [-0.1, -0.05) is 49.4 Å². The van der Waals surface area contributed by atoms with Crippen molar-refractivity contribution in [1.82, 2.24) is 4.90 Å². The summed E-state index contributed by atoms with van der Waals surface area (Å²) in [4.78, 5) is 39.9. The van der Waals surface area contributed by atoms with Crippen molar-refractivity contribution < 1.29 is 24.2 Å². The van der Waals surface area contributed by atoms with Gasteiger partial charge in [0.2, 0.25) is 11.8 Å². The smallest absolute Gasteiger partial charge is 0.228 e. The molecule has 37 heavy (non-hydrogen) atoms. The molecule has 0 aromatic heterocycles. The average molecular weight is 525 g/mol. The molecule has 0 unspecified atom stereocenters. The monoisotopic (exact) mass is 524 g/mol. The summed E-state index contributed by atoms with van der Waals surface area (Å²) in [6.07, 6.45) is 1.99. The van der Waals surface area contributed by atoms with Gasteiger partial charge < -0.3 is 24.4 Å². The Hall–Kier alpha value is -2.52. The van der Waals surface area contributed by atoms with E-state index >= 15 is 0 Å². The first-order chi connectivity index (χ1) is 17.7. The van der Waals surface area contributed by atoms with E-state index in [0.29, 0.717) is 13.0 Å². The largest absolute Gasteiger partial charge is 0.432 e. The summed E-state index contributed by atoms with van der Waals surface area (Å²) in [5.74, 6) is 0.230. The third-order valence-corrected chi connectivity index (χ3v) is 10.4. The Bertz CT molecular complexity index is 1070. The number of benzene rings is 2. The van der Waals surface area contributed by atoms with Crippen molar-refractivity contribution in [3.8, 4) is 0 Å². The van der Waals surface area contributed by atoms with Gasteiger partial charge in [0.15, 0.2) is 8.32 Å². The second kappa shape index (κ2) is 11.9. The maximum absolute atomic E-state index is 13.4. The van der Waals surface area contributed by atoms with Crippen molar-refractivity contribution in [3.05, 3.63) is 65.7 Å². The highest BCUT2D eigenvalue weighted by Crippen LogP contribution is 2.45. The van der Waals surface area contributed by atoms with Crippen molar-refractivity contribution in [2.45, 2.75) is 70.0 Å². The molecule has 4 atom stereocenters. The van der Waals surface area contributed by atoms with Crippen LogP contribution in [0.1, 0.15) is 37.3 Å². The summed E-state index contributed by atoms with van der Waals surface area (Å²) >= 11 is 0. The minimum absolute atomic E-state index is 0.0563. The molecule has 0 aliphatic carbocycles. The summed E-state index contributed by atoms with van der Waals surface area (Å²) in [7, 11) is -2.61. The predicted octanol–water partition coefficient (Wildman–Crippen LogP) is 3.74. The van der Waals surface area contributed by atoms with Gasteiger partial charge in [-0.3, -0.25) is 9.59 Å². The molecule has 200 valence electrons. The van der Waals surface area contributed by atoms with Crippen LogP contribution in [0.25, 0.3) is 0 Å². The number of β-lactam (4-membered cyclic amide) rings is 1. The van der Waals surface area contributed by atoms with Gasteiger partial charge in [0.1, 0.15) is 0 Å². The lowest BCUT2D eigenvalue weighted by Gasteiger charge is -2.31. The molecule has 8 heteroatoms. The van der Waals surface area contributed by atoms with Crippen LogP contribution in [0.4, 0.5) is 5.69 Å². The molecule has 0 radical (unpaired) electrons. The Kier molecular flexibility index (Phi) is 8.85. The van der Waals surface area contributed by atoms with Gasteiger partial charge in [-0.2, -0.15) is 0 Å². The fourth-order valence-electron chi connectivity index (χ4n) is 5.90. The van der Waals surface area contributed by atoms with Gasteiger partial charge in [-0.25, -0.2) is 0 Å². The number of anilines is 1. The molecule has 0 spiro atoms. The molecule has 2 N–H and O–H groups in total. The summed E-state index contributed by atoms with van der Waals surface area (Å²) in [5, 5.41) is 9.58. The minimum Gasteiger partial charge on any atom is -0.432 e. The van der Waals surface area contributed by atoms with Crippen LogP contribution in [0.5, 0.6) is 0 Å². The van der Waals surface area contributed by atoms with Crippen LogP contribution < -0.4 is 4.90 Å². The van der Waals surface area contributed by atoms with Crippen molar-refractivity contribution in [1.29, 1.82) is 0 Å². The molecule has 2 saturated heterocycles. The number of aliphatic hydroxyl groups is 1. The molecule has 2 aliphatic rings. The zero-order valence-corrected chi connectivity index (χ0v) is 23.2. The third kappa shape index (κ3) is 6.68. The van der Waals surface area contributed by atoms with Crippen molar-refractivity contribution in [3.63, 3.8) is 0 Å². The molecule has 2 heterocycles. The summed E-state index contributed by atoms with van der Waals surface area (Å²) in [6.45, 7) is 7.37. The topological polar surface area (TPSA) is 90.3 Å². The number of carbonyl (C=O) groups is 2. The van der Waals surface area contributed by atoms with E-state index in [1.54, 1.807) is 4.90 Å². The van der Waals surface area contributed by atoms with E-state index in [2.05, 4.69) is 19.1 Å². The molecule has 2 aromatic rings. The fourth-order valence-corrected chi connectivity index (χ4v) is 8.51. The number of hydrogen-bond acceptors (Lipinski definition) is 5. The normalized spacial score (nSPS) is 23.7. The Labute approximate surface area is 221 Å². The lowest BCUT2D eigenvalue weighted by Crippen LogP contribution is -2.43. The summed E-state index contributed by atoms with van der Waals surface area (Å²) < 4.78 is 6.51. The Balaban J connectivity index is 1.42. The zero-order valence-electron chi connectivity index (χ0n) is 22.2. The maximum atomic E-state index is 13.4. The van der Waals surface area contributed by atoms with E-state index in [9.17, 15) is 19.5 Å². The molecule has 0 saturated carbocycles. The lowest BCUT2D eigenvalue weighted by atomic mass is 9.94. The van der Waals surface area contributed by atoms with Gasteiger partial charge in [0, 0.05) is 37.3 Å². The van der Waals surface area contributed by atoms with E-state index in [0.717, 1.165) is 36.2 Å². The summed E-state index contributed by atoms with van der Waals surface area (Å²) in [6, 6.07) is 17.9. The molecule has 0 bridgehead atoms. The van der Waals surface area contributed by atoms with E-state index in [-0.39, 0.29) is 55.1 Å². The van der Waals surface area contributed by atoms with Gasteiger partial charge in [-0.05, 0) is 55.1 Å². The average Bonchev–Trinajstić information content (AvgIpc) is 3.17. The van der Waals surface area contributed by atoms with Gasteiger partial charge >= 0.3 is 0 Å². The number of hydrogen-bond donors (Lipinski definition) is 2. The molecule has 7 nitrogen and oxygen atoms in total. The number of aryl methyl sites for hydroxylation is 1. The SMILES string of the molecule is C[C@H]1[C@H]([Si](C)(C)O)[C@@H](CC(=O)N(CCO)Cc2ccccc2)O[C@H]1CCc1cccc(N2CCC2=O)c1. The standard InChI is InChI=1S/C29H40N2O5Si/c1-21-25(13-12-22-10-7-11-24(18-22)31-15-14-27(31)33)36-26(29(21)37(2,3)35)19-28(34)30(16-17-32)20-23-8-5-4-6-9-23/h4-11,18,21,25-26,29,32,35H,12-17,19-20H2,1-3H3/t21-,25+,26-,29+/m1/s1. The number of amides is 2. The Morgan fingerprint density at radius 3 is 2.46 bits per heavy atom. The van der Waals surface area contributed by atoms with Crippen LogP contribution in [0, 0.1) is 5.92 Å². The van der Waals surface area contributed by atoms with E-state index in [1.807, 2.05) is 60.5 Å². The first-order valence-electron chi connectivity index (χ1n) is 13.4. The number of nitrogens with zero attached hydrogens (tertiary/aromatic N) is 2. The van der Waals surface area contributed by atoms with E-state index < -0.39 is 8.32 Å². The van der Waals surface area contributed by atoms with Crippen molar-refractivity contribution in [2.24, 2.45) is 5.92 Å². The Morgan fingerprint density at radius 2 is 1.84 bits per heavy atom. The van der Waals surface area contributed by atoms with Crippen molar-refractivity contribution in [2.75, 3.05) is 24.6 Å². The zero-order chi connectivity index (χ0) is 26.6. The molecular formula is C29H40N2O5Si. The van der Waals surface area contributed by atoms with E-state index in [4.69, 9.17) is 4.74 Å². The van der Waals surface area contributed by atoms with Crippen LogP contribution in [0.2, 0.25) is 18.6 Å². The van der Waals surface area contributed by atoms with Crippen LogP contribution in [0.15, 0.2) is 54.6 Å². The first-order valence-corrected chi connectivity index (χ1v) is 16.4. The molecule has 2 amide bonds. The predicted molar refractivity (Wildman–Crippen MR) is 147 cm³/mol. The highest BCUT2D eigenvalue weighted by molar-refractivity contribution is 6.71. The third-order valence-electron chi connectivity index (χ3n) is 7.82. The second-order valence-corrected chi connectivity index (χ2v) is 15.0. The maximum Gasteiger partial charge on any atom is 0.228 e. The van der Waals surface area contributed by atoms with E-state index in [1.165, 1.54) is 0 Å². The number of rotatable bonds is 11. The highest BCUT2D eigenvalue weighted by Gasteiger charge is 2.50. The van der Waals surface area contributed by atoms with Crippen molar-refractivity contribution >= 4 is 25.8 Å². The molecule has 2 aliphatic heterocycles. The van der Waals surface area contributed by atoms with Gasteiger partial charge in [0.05, 0.1) is 25.2 Å². The summed E-state index contributed by atoms with van der Waals surface area (Å²) in [5.41, 5.74) is 3.06. The van der Waals surface area contributed by atoms with Crippen LogP contribution in [0.3, 0.4) is 0 Å². The van der Waals surface area contributed by atoms with Crippen LogP contribution in [-0.2, 0) is 27.3 Å². The second-order valence-electron chi connectivity index (χ2n) is 11.0. The van der Waals surface area contributed by atoms with Crippen LogP contribution in [-0.4, -0.2) is 66.8 Å². The molecular weight excluding hydrogens is 484 g/mol. The lowest BCUT2D eigenvalue weighted by molar-refractivity contribution is -0.135. The first kappa shape index (κ1) is 27.5. The Morgan fingerprint density at radius 1 is 1.11 bits per heavy atom. The van der Waals surface area contributed by atoms with Gasteiger partial charge in [0.25, 0.3) is 0 Å². The number of ether oxygens (including phenoxy) is 1. The minimum atomic E-state index is -2.61. The number of carbonyl (C=O) groups excluding carboxylic acids is 2. The quantitative estimate of drug-likeness (QED) is 0.345. The van der Waals surface area contributed by atoms with Gasteiger partial charge in [-0.15, -0.1) is 0 Å². The molecule has 2 aromatic carbocycles. The molecule has 2 fully saturated rings. The highest BCUT2D eigenvalue weighted by atomic mass is 28.4. The van der Waals surface area contributed by atoms with Crippen LogP contribution >= 0.6 is 0 Å². The fraction of sp³-hybridized carbons (Fsp3) is 0.517. The number of aliphatic hydroxyl groups excluding tert-OH is 1.